The lowest BCUT2D eigenvalue weighted by Gasteiger charge is -2.27. The van der Waals surface area contributed by atoms with Gasteiger partial charge in [-0.3, -0.25) is 10.3 Å². The number of amidine groups is 1. The summed E-state index contributed by atoms with van der Waals surface area (Å²) in [6, 6.07) is 12.4. The first kappa shape index (κ1) is 25.8. The molecule has 1 atom stereocenters. The van der Waals surface area contributed by atoms with Gasteiger partial charge < -0.3 is 28.6 Å². The van der Waals surface area contributed by atoms with Crippen molar-refractivity contribution in [3.8, 4) is 23.8 Å². The Labute approximate surface area is 212 Å². The van der Waals surface area contributed by atoms with Crippen molar-refractivity contribution in [3.05, 3.63) is 53.1 Å². The Morgan fingerprint density at radius 2 is 1.75 bits per heavy atom. The fourth-order valence-corrected chi connectivity index (χ4v) is 4.20. The largest absolute Gasteiger partial charge is 0.467 e. The van der Waals surface area contributed by atoms with Gasteiger partial charge in [-0.05, 0) is 30.7 Å². The molecule has 2 aliphatic rings. The lowest BCUT2D eigenvalue weighted by atomic mass is 9.97. The average Bonchev–Trinajstić information content (AvgIpc) is 3.41. The van der Waals surface area contributed by atoms with Gasteiger partial charge in [-0.2, -0.15) is 5.10 Å². The molecule has 9 heteroatoms. The standard InChI is InChI=1S/C27H34N4O5/c1-5-20(2)23-14-24(26(36-19-33-4)15-25(23)35-18-32-3)27-29-28-17-31(27)22-8-6-21(7-9-22)16-30-10-12-34-13-11-30/h1,6-9,14-15,20,28H,10-13,16-19H2,2-4H3. The van der Waals surface area contributed by atoms with Gasteiger partial charge in [-0.1, -0.05) is 18.1 Å². The molecule has 2 heterocycles. The fraction of sp³-hybridized carbons (Fsp3) is 0.444. The molecule has 36 heavy (non-hydrogen) atoms. The van der Waals surface area contributed by atoms with E-state index in [2.05, 4.69) is 50.5 Å². The predicted molar refractivity (Wildman–Crippen MR) is 138 cm³/mol. The van der Waals surface area contributed by atoms with Crippen LogP contribution in [0.4, 0.5) is 5.69 Å². The Balaban J connectivity index is 1.63. The van der Waals surface area contributed by atoms with E-state index in [9.17, 15) is 0 Å². The monoisotopic (exact) mass is 494 g/mol. The van der Waals surface area contributed by atoms with E-state index in [1.54, 1.807) is 14.2 Å². The topological polar surface area (TPSA) is 77.0 Å². The maximum Gasteiger partial charge on any atom is 0.188 e. The van der Waals surface area contributed by atoms with Crippen molar-refractivity contribution >= 4 is 11.5 Å². The third-order valence-corrected chi connectivity index (χ3v) is 6.16. The zero-order valence-corrected chi connectivity index (χ0v) is 21.2. The molecule has 2 aromatic carbocycles. The minimum Gasteiger partial charge on any atom is -0.467 e. The van der Waals surface area contributed by atoms with Gasteiger partial charge in [-0.15, -0.1) is 6.42 Å². The molecule has 0 radical (unpaired) electrons. The minimum absolute atomic E-state index is 0.0811. The Kier molecular flexibility index (Phi) is 9.03. The van der Waals surface area contributed by atoms with Crippen molar-refractivity contribution in [3.63, 3.8) is 0 Å². The number of hydrazone groups is 1. The summed E-state index contributed by atoms with van der Waals surface area (Å²) < 4.78 is 27.5. The summed E-state index contributed by atoms with van der Waals surface area (Å²) in [4.78, 5) is 4.51. The summed E-state index contributed by atoms with van der Waals surface area (Å²) in [7, 11) is 3.15. The van der Waals surface area contributed by atoms with Gasteiger partial charge in [0.1, 0.15) is 18.2 Å². The Morgan fingerprint density at radius 1 is 1.06 bits per heavy atom. The van der Waals surface area contributed by atoms with Crippen LogP contribution in [0.5, 0.6) is 11.5 Å². The summed E-state index contributed by atoms with van der Waals surface area (Å²) in [6.07, 6.45) is 5.77. The molecule has 0 aromatic heterocycles. The summed E-state index contributed by atoms with van der Waals surface area (Å²) in [6.45, 7) is 7.08. The molecule has 4 rings (SSSR count). The van der Waals surface area contributed by atoms with Crippen molar-refractivity contribution in [2.45, 2.75) is 19.4 Å². The molecule has 1 unspecified atom stereocenters. The maximum absolute atomic E-state index is 5.93. The molecule has 2 aromatic rings. The summed E-state index contributed by atoms with van der Waals surface area (Å²) in [5.74, 6) is 4.51. The van der Waals surface area contributed by atoms with Gasteiger partial charge >= 0.3 is 0 Å². The number of morpholine rings is 1. The first-order valence-corrected chi connectivity index (χ1v) is 12.0. The zero-order chi connectivity index (χ0) is 25.3. The van der Waals surface area contributed by atoms with Crippen LogP contribution >= 0.6 is 0 Å². The highest BCUT2D eigenvalue weighted by Crippen LogP contribution is 2.36. The van der Waals surface area contributed by atoms with Crippen molar-refractivity contribution in [1.82, 2.24) is 10.3 Å². The van der Waals surface area contributed by atoms with Crippen molar-refractivity contribution < 1.29 is 23.7 Å². The number of anilines is 1. The van der Waals surface area contributed by atoms with E-state index in [1.165, 1.54) is 5.56 Å². The van der Waals surface area contributed by atoms with Crippen molar-refractivity contribution in [1.29, 1.82) is 0 Å². The molecule has 0 amide bonds. The van der Waals surface area contributed by atoms with Crippen LogP contribution in [0.2, 0.25) is 0 Å². The molecule has 2 aliphatic heterocycles. The lowest BCUT2D eigenvalue weighted by molar-refractivity contribution is 0.0342. The molecule has 1 fully saturated rings. The first-order valence-electron chi connectivity index (χ1n) is 12.0. The van der Waals surface area contributed by atoms with E-state index in [0.717, 1.165) is 55.5 Å². The predicted octanol–water partition coefficient (Wildman–Crippen LogP) is 2.95. The lowest BCUT2D eigenvalue weighted by Crippen LogP contribution is -2.35. The Morgan fingerprint density at radius 3 is 2.42 bits per heavy atom. The number of hydrogen-bond acceptors (Lipinski definition) is 9. The van der Waals surface area contributed by atoms with Crippen LogP contribution in [0.1, 0.15) is 29.5 Å². The highest BCUT2D eigenvalue weighted by Gasteiger charge is 2.27. The van der Waals surface area contributed by atoms with Crippen LogP contribution in [0, 0.1) is 12.3 Å². The van der Waals surface area contributed by atoms with Gasteiger partial charge in [-0.25, -0.2) is 0 Å². The first-order chi connectivity index (χ1) is 17.6. The number of nitrogens with zero attached hydrogens (tertiary/aromatic N) is 3. The van der Waals surface area contributed by atoms with Crippen molar-refractivity contribution in [2.24, 2.45) is 5.10 Å². The highest BCUT2D eigenvalue weighted by atomic mass is 16.7. The number of methoxy groups -OCH3 is 2. The molecule has 192 valence electrons. The van der Waals surface area contributed by atoms with Crippen LogP contribution in [-0.2, 0) is 20.8 Å². The number of benzene rings is 2. The van der Waals surface area contributed by atoms with Gasteiger partial charge in [0.05, 0.1) is 18.8 Å². The maximum atomic E-state index is 5.93. The number of rotatable bonds is 11. The van der Waals surface area contributed by atoms with E-state index < -0.39 is 0 Å². The van der Waals surface area contributed by atoms with Crippen LogP contribution < -0.4 is 19.8 Å². The molecule has 0 aliphatic carbocycles. The second-order valence-electron chi connectivity index (χ2n) is 8.61. The number of nitrogens with one attached hydrogen (secondary N) is 1. The van der Waals surface area contributed by atoms with E-state index in [-0.39, 0.29) is 19.5 Å². The SMILES string of the molecule is C#CC(C)c1cc(C2=NNCN2c2ccc(CN3CCOCC3)cc2)c(OCOC)cc1OCOC. The second-order valence-corrected chi connectivity index (χ2v) is 8.61. The normalized spacial score (nSPS) is 16.7. The van der Waals surface area contributed by atoms with Gasteiger partial charge in [0, 0.05) is 57.1 Å². The molecule has 9 nitrogen and oxygen atoms in total. The van der Waals surface area contributed by atoms with Gasteiger partial charge in [0.15, 0.2) is 19.4 Å². The van der Waals surface area contributed by atoms with Crippen LogP contribution in [-0.4, -0.2) is 71.5 Å². The quantitative estimate of drug-likeness (QED) is 0.378. The van der Waals surface area contributed by atoms with Crippen molar-refractivity contribution in [2.75, 3.05) is 65.7 Å². The van der Waals surface area contributed by atoms with Crippen LogP contribution in [0.3, 0.4) is 0 Å². The molecule has 0 bridgehead atoms. The van der Waals surface area contributed by atoms with Crippen LogP contribution in [0.25, 0.3) is 0 Å². The molecule has 1 N–H and O–H groups in total. The van der Waals surface area contributed by atoms with Gasteiger partial charge in [0.25, 0.3) is 0 Å². The summed E-state index contributed by atoms with van der Waals surface area (Å²) in [5.41, 5.74) is 7.03. The Hall–Kier alpha value is -3.29. The number of terminal acetylenes is 1. The molecule has 1 saturated heterocycles. The fourth-order valence-electron chi connectivity index (χ4n) is 4.20. The molecule has 0 saturated carbocycles. The second kappa shape index (κ2) is 12.6. The van der Waals surface area contributed by atoms with Gasteiger partial charge in [0.2, 0.25) is 0 Å². The molecular formula is C27H34N4O5. The Bertz CT molecular complexity index is 1080. The van der Waals surface area contributed by atoms with E-state index in [4.69, 9.17) is 30.1 Å². The number of ether oxygens (including phenoxy) is 5. The smallest absolute Gasteiger partial charge is 0.188 e. The number of hydrogen-bond donors (Lipinski definition) is 1. The summed E-state index contributed by atoms with van der Waals surface area (Å²) in [5, 5.41) is 4.60. The zero-order valence-electron chi connectivity index (χ0n) is 21.2. The molecular weight excluding hydrogens is 460 g/mol. The third kappa shape index (κ3) is 6.09. The van der Waals surface area contributed by atoms with E-state index in [1.807, 2.05) is 19.1 Å². The van der Waals surface area contributed by atoms with Crippen LogP contribution in [0.15, 0.2) is 41.5 Å². The van der Waals surface area contributed by atoms with E-state index in [0.29, 0.717) is 18.2 Å². The average molecular weight is 495 g/mol. The minimum atomic E-state index is -0.185. The molecule has 0 spiro atoms. The summed E-state index contributed by atoms with van der Waals surface area (Å²) >= 11 is 0. The third-order valence-electron chi connectivity index (χ3n) is 6.16. The highest BCUT2D eigenvalue weighted by molar-refractivity contribution is 6.12. The van der Waals surface area contributed by atoms with E-state index >= 15 is 0 Å².